The fourth-order valence-electron chi connectivity index (χ4n) is 2.16. The summed E-state index contributed by atoms with van der Waals surface area (Å²) in [5, 5.41) is 10.8. The van der Waals surface area contributed by atoms with Crippen molar-refractivity contribution >= 4 is 0 Å². The minimum absolute atomic E-state index is 0.0390. The minimum Gasteiger partial charge on any atom is -0.497 e. The molecule has 0 saturated carbocycles. The molecule has 18 heavy (non-hydrogen) atoms. The van der Waals surface area contributed by atoms with Gasteiger partial charge in [-0.3, -0.25) is 0 Å². The summed E-state index contributed by atoms with van der Waals surface area (Å²) < 4.78 is 5.20. The molecule has 0 bridgehead atoms. The number of nitrogens with zero attached hydrogens (tertiary/aromatic N) is 1. The van der Waals surface area contributed by atoms with Crippen molar-refractivity contribution in [2.45, 2.75) is 12.5 Å². The molecule has 2 atom stereocenters. The molecule has 0 saturated heterocycles. The van der Waals surface area contributed by atoms with Gasteiger partial charge in [0.15, 0.2) is 0 Å². The van der Waals surface area contributed by atoms with Crippen LogP contribution in [0.3, 0.4) is 0 Å². The molecule has 3 nitrogen and oxygen atoms in total. The average Bonchev–Trinajstić information content (AvgIpc) is 2.37. The van der Waals surface area contributed by atoms with Gasteiger partial charge in [-0.05, 0) is 31.8 Å². The van der Waals surface area contributed by atoms with Crippen LogP contribution in [0, 0.1) is 5.92 Å². The van der Waals surface area contributed by atoms with Crippen molar-refractivity contribution in [1.29, 1.82) is 0 Å². The van der Waals surface area contributed by atoms with E-state index < -0.39 is 5.60 Å². The van der Waals surface area contributed by atoms with Crippen LogP contribution in [0.2, 0.25) is 0 Å². The van der Waals surface area contributed by atoms with Crippen LogP contribution in [-0.2, 0) is 5.60 Å². The van der Waals surface area contributed by atoms with Crippen LogP contribution in [-0.4, -0.2) is 37.8 Å². The van der Waals surface area contributed by atoms with Gasteiger partial charge >= 0.3 is 0 Å². The third-order valence-electron chi connectivity index (χ3n) is 3.23. The lowest BCUT2D eigenvalue weighted by atomic mass is 9.82. The molecule has 1 N–H and O–H groups in total. The molecule has 1 aromatic rings. The van der Waals surface area contributed by atoms with Gasteiger partial charge in [-0.2, -0.15) is 0 Å². The third kappa shape index (κ3) is 3.12. The molecule has 2 unspecified atom stereocenters. The fraction of sp³-hybridized carbons (Fsp3) is 0.467. The molecule has 100 valence electrons. The van der Waals surface area contributed by atoms with Crippen molar-refractivity contribution < 1.29 is 9.84 Å². The predicted octanol–water partition coefficient (Wildman–Crippen LogP) is 2.27. The monoisotopic (exact) mass is 249 g/mol. The van der Waals surface area contributed by atoms with Crippen LogP contribution in [0.25, 0.3) is 0 Å². The zero-order chi connectivity index (χ0) is 13.8. The summed E-state index contributed by atoms with van der Waals surface area (Å²) in [5.41, 5.74) is -0.232. The highest BCUT2D eigenvalue weighted by Gasteiger charge is 2.33. The summed E-state index contributed by atoms with van der Waals surface area (Å²) >= 11 is 0. The van der Waals surface area contributed by atoms with E-state index in [0.29, 0.717) is 0 Å². The van der Waals surface area contributed by atoms with E-state index in [9.17, 15) is 5.11 Å². The lowest BCUT2D eigenvalue weighted by Gasteiger charge is -2.33. The number of hydrogen-bond donors (Lipinski definition) is 1. The molecule has 0 amide bonds. The van der Waals surface area contributed by atoms with E-state index >= 15 is 0 Å². The van der Waals surface area contributed by atoms with Crippen molar-refractivity contribution in [1.82, 2.24) is 4.90 Å². The van der Waals surface area contributed by atoms with E-state index in [0.717, 1.165) is 17.9 Å². The summed E-state index contributed by atoms with van der Waals surface area (Å²) in [7, 11) is 5.60. The van der Waals surface area contributed by atoms with Gasteiger partial charge in [0.05, 0.1) is 7.11 Å². The van der Waals surface area contributed by atoms with Crippen LogP contribution in [0.1, 0.15) is 12.5 Å². The van der Waals surface area contributed by atoms with E-state index in [1.54, 1.807) is 13.2 Å². The molecule has 0 spiro atoms. The first-order valence-electron chi connectivity index (χ1n) is 6.09. The molecular formula is C15H23NO2. The molecule has 0 radical (unpaired) electrons. The Morgan fingerprint density at radius 2 is 2.17 bits per heavy atom. The van der Waals surface area contributed by atoms with Crippen molar-refractivity contribution in [3.63, 3.8) is 0 Å². The molecule has 3 heteroatoms. The number of aliphatic hydroxyl groups is 1. The lowest BCUT2D eigenvalue weighted by molar-refractivity contribution is 0.0211. The SMILES string of the molecule is C=CC(O)(c1cccc(OC)c1)C(C)CN(C)C. The normalized spacial score (nSPS) is 16.1. The quantitative estimate of drug-likeness (QED) is 0.785. The molecule has 0 heterocycles. The smallest absolute Gasteiger partial charge is 0.119 e. The molecule has 1 aromatic carbocycles. The highest BCUT2D eigenvalue weighted by atomic mass is 16.5. The van der Waals surface area contributed by atoms with Crippen LogP contribution >= 0.6 is 0 Å². The minimum atomic E-state index is -1.04. The summed E-state index contributed by atoms with van der Waals surface area (Å²) in [6.07, 6.45) is 1.61. The van der Waals surface area contributed by atoms with E-state index in [4.69, 9.17) is 4.74 Å². The van der Waals surface area contributed by atoms with Crippen LogP contribution < -0.4 is 4.74 Å². The Kier molecular flexibility index (Phi) is 4.93. The van der Waals surface area contributed by atoms with E-state index in [1.165, 1.54) is 0 Å². The zero-order valence-electron chi connectivity index (χ0n) is 11.7. The van der Waals surface area contributed by atoms with Gasteiger partial charge in [0.1, 0.15) is 11.4 Å². The first kappa shape index (κ1) is 14.7. The number of benzene rings is 1. The Labute approximate surface area is 110 Å². The number of rotatable bonds is 6. The first-order valence-corrected chi connectivity index (χ1v) is 6.09. The van der Waals surface area contributed by atoms with Gasteiger partial charge in [-0.15, -0.1) is 0 Å². The Morgan fingerprint density at radius 3 is 2.67 bits per heavy atom. The van der Waals surface area contributed by atoms with Crippen LogP contribution in [0.5, 0.6) is 5.75 Å². The van der Waals surface area contributed by atoms with Gasteiger partial charge in [0.2, 0.25) is 0 Å². The van der Waals surface area contributed by atoms with Crippen molar-refractivity contribution in [3.05, 3.63) is 42.5 Å². The standard InChI is InChI=1S/C15H23NO2/c1-6-15(17,12(2)11-16(3)4)13-8-7-9-14(10-13)18-5/h6-10,12,17H,1,11H2,2-5H3. The summed E-state index contributed by atoms with van der Waals surface area (Å²) in [5.74, 6) is 0.780. The Morgan fingerprint density at radius 1 is 1.50 bits per heavy atom. The molecule has 1 rings (SSSR count). The lowest BCUT2D eigenvalue weighted by Crippen LogP contribution is -2.37. The van der Waals surface area contributed by atoms with E-state index in [-0.39, 0.29) is 5.92 Å². The largest absolute Gasteiger partial charge is 0.497 e. The molecular weight excluding hydrogens is 226 g/mol. The molecule has 0 aromatic heterocycles. The Balaban J connectivity index is 3.09. The van der Waals surface area contributed by atoms with Crippen molar-refractivity contribution in [2.24, 2.45) is 5.92 Å². The van der Waals surface area contributed by atoms with Gasteiger partial charge in [-0.25, -0.2) is 0 Å². The second kappa shape index (κ2) is 6.03. The summed E-state index contributed by atoms with van der Waals surface area (Å²) in [6, 6.07) is 7.50. The maximum absolute atomic E-state index is 10.8. The van der Waals surface area contributed by atoms with Gasteiger partial charge in [0.25, 0.3) is 0 Å². The second-order valence-corrected chi connectivity index (χ2v) is 4.92. The number of hydrogen-bond acceptors (Lipinski definition) is 3. The van der Waals surface area contributed by atoms with Gasteiger partial charge < -0.3 is 14.7 Å². The maximum atomic E-state index is 10.8. The van der Waals surface area contributed by atoms with Crippen LogP contribution in [0.15, 0.2) is 36.9 Å². The molecule has 0 aliphatic carbocycles. The predicted molar refractivity (Wildman–Crippen MR) is 74.8 cm³/mol. The number of ether oxygens (including phenoxy) is 1. The average molecular weight is 249 g/mol. The summed E-state index contributed by atoms with van der Waals surface area (Å²) in [6.45, 7) is 6.58. The second-order valence-electron chi connectivity index (χ2n) is 4.92. The van der Waals surface area contributed by atoms with Crippen LogP contribution in [0.4, 0.5) is 0 Å². The maximum Gasteiger partial charge on any atom is 0.119 e. The Bertz CT molecular complexity index is 403. The topological polar surface area (TPSA) is 32.7 Å². The molecule has 0 aliphatic rings. The molecule has 0 aliphatic heterocycles. The number of methoxy groups -OCH3 is 1. The summed E-state index contributed by atoms with van der Waals surface area (Å²) in [4.78, 5) is 2.05. The fourth-order valence-corrected chi connectivity index (χ4v) is 2.16. The first-order chi connectivity index (χ1) is 8.43. The van der Waals surface area contributed by atoms with E-state index in [2.05, 4.69) is 11.5 Å². The highest BCUT2D eigenvalue weighted by Crippen LogP contribution is 2.33. The third-order valence-corrected chi connectivity index (χ3v) is 3.23. The van der Waals surface area contributed by atoms with Crippen molar-refractivity contribution in [3.8, 4) is 5.75 Å². The zero-order valence-corrected chi connectivity index (χ0v) is 11.7. The van der Waals surface area contributed by atoms with E-state index in [1.807, 2.05) is 45.3 Å². The van der Waals surface area contributed by atoms with Gasteiger partial charge in [0, 0.05) is 12.5 Å². The highest BCUT2D eigenvalue weighted by molar-refractivity contribution is 5.35. The Hall–Kier alpha value is -1.32. The van der Waals surface area contributed by atoms with Crippen molar-refractivity contribution in [2.75, 3.05) is 27.7 Å². The molecule has 0 fully saturated rings. The van der Waals surface area contributed by atoms with Gasteiger partial charge in [-0.1, -0.05) is 31.7 Å².